The predicted molar refractivity (Wildman–Crippen MR) is 51.4 cm³/mol. The van der Waals surface area contributed by atoms with Gasteiger partial charge < -0.3 is 5.32 Å². The normalized spacial score (nSPS) is 9.07. The highest BCUT2D eigenvalue weighted by atomic mass is 16.2. The average Bonchev–Trinajstić information content (AvgIpc) is 2.29. The first-order valence-corrected chi connectivity index (χ1v) is 3.94. The van der Waals surface area contributed by atoms with Crippen molar-refractivity contribution in [2.75, 3.05) is 5.32 Å². The molecule has 0 aliphatic carbocycles. The van der Waals surface area contributed by atoms with Gasteiger partial charge in [-0.2, -0.15) is 5.53 Å². The second kappa shape index (κ2) is 4.75. The molecule has 0 unspecified atom stereocenters. The molecule has 0 spiro atoms. The maximum absolute atomic E-state index is 10.8. The van der Waals surface area contributed by atoms with Gasteiger partial charge in [-0.15, -0.1) is 0 Å². The summed E-state index contributed by atoms with van der Waals surface area (Å²) < 4.78 is 0. The van der Waals surface area contributed by atoms with Gasteiger partial charge in [0.15, 0.2) is 6.29 Å². The number of hydrogen-bond donors (Lipinski definition) is 2. The number of aldehydes is 2. The molecular weight excluding hydrogens is 198 g/mol. The average molecular weight is 205 g/mol. The number of carbonyl (C=O) groups excluding carboxylic acids is 3. The molecule has 0 heterocycles. The van der Waals surface area contributed by atoms with Crippen LogP contribution in [0.1, 0.15) is 20.7 Å². The van der Waals surface area contributed by atoms with E-state index in [4.69, 9.17) is 5.53 Å². The highest BCUT2D eigenvalue weighted by molar-refractivity contribution is 5.96. The van der Waals surface area contributed by atoms with E-state index in [9.17, 15) is 14.4 Å². The van der Waals surface area contributed by atoms with Crippen LogP contribution in [0.4, 0.5) is 10.5 Å². The lowest BCUT2D eigenvalue weighted by Crippen LogP contribution is -2.07. The zero-order valence-electron chi connectivity index (χ0n) is 7.56. The molecule has 1 aromatic carbocycles. The number of nitrogens with one attached hydrogen (secondary N) is 2. The highest BCUT2D eigenvalue weighted by Crippen LogP contribution is 2.15. The van der Waals surface area contributed by atoms with Crippen LogP contribution in [0.25, 0.3) is 0 Å². The Hall–Kier alpha value is -2.37. The fourth-order valence-electron chi connectivity index (χ4n) is 1.01. The summed E-state index contributed by atoms with van der Waals surface area (Å²) >= 11 is 0. The summed E-state index contributed by atoms with van der Waals surface area (Å²) in [6.07, 6.45) is 1.10. The van der Waals surface area contributed by atoms with Crippen LogP contribution in [-0.2, 0) is 0 Å². The second-order valence-electron chi connectivity index (χ2n) is 2.62. The summed E-state index contributed by atoms with van der Waals surface area (Å²) in [6.45, 7) is 0. The number of carbonyl (C=O) groups is 3. The third-order valence-electron chi connectivity index (χ3n) is 1.68. The van der Waals surface area contributed by atoms with Crippen molar-refractivity contribution < 1.29 is 14.4 Å². The summed E-state index contributed by atoms with van der Waals surface area (Å²) in [5.41, 5.74) is 7.15. The Morgan fingerprint density at radius 1 is 1.33 bits per heavy atom. The molecule has 0 atom stereocenters. The van der Waals surface area contributed by atoms with Crippen molar-refractivity contribution in [2.45, 2.75) is 0 Å². The molecule has 0 fully saturated rings. The van der Waals surface area contributed by atoms with Gasteiger partial charge in [0, 0.05) is 11.1 Å². The van der Waals surface area contributed by atoms with Crippen molar-refractivity contribution in [1.82, 2.24) is 0 Å². The molecule has 76 valence electrons. The number of rotatable bonds is 3. The molecule has 0 bridgehead atoms. The first-order chi connectivity index (χ1) is 7.21. The molecule has 2 N–H and O–H groups in total. The van der Waals surface area contributed by atoms with Crippen LogP contribution in [0.2, 0.25) is 0 Å². The number of anilines is 1. The maximum Gasteiger partial charge on any atom is 0.363 e. The molecule has 0 aliphatic rings. The monoisotopic (exact) mass is 205 g/mol. The fraction of sp³-hybridized carbons (Fsp3) is 0. The van der Waals surface area contributed by atoms with E-state index in [2.05, 4.69) is 10.4 Å². The number of amides is 2. The minimum atomic E-state index is -0.878. The van der Waals surface area contributed by atoms with Gasteiger partial charge in [-0.05, 0) is 18.2 Å². The van der Waals surface area contributed by atoms with Crippen molar-refractivity contribution >= 4 is 24.3 Å². The van der Waals surface area contributed by atoms with Gasteiger partial charge in [0.25, 0.3) is 0 Å². The minimum Gasteiger partial charge on any atom is -0.304 e. The van der Waals surface area contributed by atoms with E-state index in [0.29, 0.717) is 18.1 Å². The lowest BCUT2D eigenvalue weighted by Gasteiger charge is -2.04. The smallest absolute Gasteiger partial charge is 0.304 e. The number of hydrogen-bond acceptors (Lipinski definition) is 4. The first-order valence-electron chi connectivity index (χ1n) is 3.94. The van der Waals surface area contributed by atoms with E-state index in [1.807, 2.05) is 0 Å². The van der Waals surface area contributed by atoms with Crippen molar-refractivity contribution in [3.05, 3.63) is 29.3 Å². The first kappa shape index (κ1) is 10.7. The molecule has 15 heavy (non-hydrogen) atoms. The number of urea groups is 1. The van der Waals surface area contributed by atoms with Crippen LogP contribution < -0.4 is 5.32 Å². The Bertz CT molecular complexity index is 429. The summed E-state index contributed by atoms with van der Waals surface area (Å²) in [5, 5.41) is 4.84. The van der Waals surface area contributed by atoms with Gasteiger partial charge in [0.05, 0.1) is 5.69 Å². The van der Waals surface area contributed by atoms with Crippen molar-refractivity contribution in [1.29, 1.82) is 5.53 Å². The molecule has 1 rings (SSSR count). The van der Waals surface area contributed by atoms with Crippen LogP contribution in [0.15, 0.2) is 23.3 Å². The Morgan fingerprint density at radius 2 is 2.07 bits per heavy atom. The van der Waals surface area contributed by atoms with Gasteiger partial charge in [-0.25, -0.2) is 4.79 Å². The van der Waals surface area contributed by atoms with Crippen molar-refractivity contribution in [3.63, 3.8) is 0 Å². The molecule has 6 nitrogen and oxygen atoms in total. The largest absolute Gasteiger partial charge is 0.363 e. The molecule has 1 aromatic rings. The standard InChI is InChI=1S/C9H7N3O3/c10-12-9(15)11-8-2-1-6(4-13)3-7(8)5-14/h1-5,10H,(H,11,15). The van der Waals surface area contributed by atoms with E-state index in [0.717, 1.165) is 0 Å². The van der Waals surface area contributed by atoms with Gasteiger partial charge in [0.1, 0.15) is 6.29 Å². The van der Waals surface area contributed by atoms with Crippen LogP contribution in [0.5, 0.6) is 0 Å². The molecular formula is C9H7N3O3. The van der Waals surface area contributed by atoms with Crippen molar-refractivity contribution in [2.24, 2.45) is 5.11 Å². The summed E-state index contributed by atoms with van der Waals surface area (Å²) in [7, 11) is 0. The third-order valence-corrected chi connectivity index (χ3v) is 1.68. The second-order valence-corrected chi connectivity index (χ2v) is 2.62. The van der Waals surface area contributed by atoms with Crippen molar-refractivity contribution in [3.8, 4) is 0 Å². The third kappa shape index (κ3) is 2.53. The molecule has 0 saturated carbocycles. The van der Waals surface area contributed by atoms with Crippen LogP contribution >= 0.6 is 0 Å². The molecule has 0 aromatic heterocycles. The van der Waals surface area contributed by atoms with E-state index < -0.39 is 6.03 Å². The van der Waals surface area contributed by atoms with E-state index in [1.165, 1.54) is 18.2 Å². The van der Waals surface area contributed by atoms with Gasteiger partial charge in [0.2, 0.25) is 0 Å². The Morgan fingerprint density at radius 3 is 2.60 bits per heavy atom. The molecule has 0 aliphatic heterocycles. The number of nitrogens with zero attached hydrogens (tertiary/aromatic N) is 1. The summed E-state index contributed by atoms with van der Waals surface area (Å²) in [6, 6.07) is 3.30. The Labute approximate surface area is 84.8 Å². The van der Waals surface area contributed by atoms with Gasteiger partial charge >= 0.3 is 6.03 Å². The Balaban J connectivity index is 3.07. The fourth-order valence-corrected chi connectivity index (χ4v) is 1.01. The van der Waals surface area contributed by atoms with E-state index in [1.54, 1.807) is 0 Å². The van der Waals surface area contributed by atoms with E-state index >= 15 is 0 Å². The quantitative estimate of drug-likeness (QED) is 0.581. The zero-order chi connectivity index (χ0) is 11.3. The lowest BCUT2D eigenvalue weighted by atomic mass is 10.1. The predicted octanol–water partition coefficient (Wildman–Crippen LogP) is 1.87. The zero-order valence-corrected chi connectivity index (χ0v) is 7.56. The summed E-state index contributed by atoms with van der Waals surface area (Å²) in [5.74, 6) is 0. The molecule has 0 saturated heterocycles. The van der Waals surface area contributed by atoms with Crippen LogP contribution in [0, 0.1) is 5.53 Å². The lowest BCUT2D eigenvalue weighted by molar-refractivity contribution is 0.112. The summed E-state index contributed by atoms with van der Waals surface area (Å²) in [4.78, 5) is 31.8. The Kier molecular flexibility index (Phi) is 3.39. The minimum absolute atomic E-state index is 0.164. The van der Waals surface area contributed by atoms with Crippen LogP contribution in [0.3, 0.4) is 0 Å². The topological polar surface area (TPSA) is 99.4 Å². The van der Waals surface area contributed by atoms with Gasteiger partial charge in [-0.3, -0.25) is 9.59 Å². The highest BCUT2D eigenvalue weighted by Gasteiger charge is 2.05. The van der Waals surface area contributed by atoms with E-state index in [-0.39, 0.29) is 11.3 Å². The van der Waals surface area contributed by atoms with Crippen LogP contribution in [-0.4, -0.2) is 18.6 Å². The van der Waals surface area contributed by atoms with Gasteiger partial charge in [-0.1, -0.05) is 5.11 Å². The molecule has 0 radical (unpaired) electrons. The number of benzene rings is 1. The maximum atomic E-state index is 10.8. The molecule has 6 heteroatoms. The molecule has 2 amide bonds. The SMILES string of the molecule is N=NC(=O)Nc1ccc(C=O)cc1C=O.